The number of alkyl halides is 3. The molecule has 0 spiro atoms. The number of ether oxygens (including phenoxy) is 1. The Bertz CT molecular complexity index is 382. The zero-order chi connectivity index (χ0) is 14.6. The van der Waals surface area contributed by atoms with Crippen LogP contribution in [-0.2, 0) is 19.6 Å². The minimum Gasteiger partial charge on any atom is -0.465 e. The van der Waals surface area contributed by atoms with Crippen molar-refractivity contribution in [3.05, 3.63) is 0 Å². The van der Waals surface area contributed by atoms with Crippen molar-refractivity contribution >= 4 is 16.1 Å². The Morgan fingerprint density at radius 2 is 1.94 bits per heavy atom. The van der Waals surface area contributed by atoms with E-state index in [4.69, 9.17) is 4.55 Å². The molecule has 0 heterocycles. The van der Waals surface area contributed by atoms with Crippen LogP contribution >= 0.6 is 0 Å². The zero-order valence-corrected chi connectivity index (χ0v) is 10.7. The topological polar surface area (TPSA) is 80.7 Å². The molecule has 1 N–H and O–H groups in total. The van der Waals surface area contributed by atoms with Crippen LogP contribution in [0.15, 0.2) is 0 Å². The number of carbonyl (C=O) groups excluding carboxylic acids is 1. The third kappa shape index (κ3) is 4.45. The van der Waals surface area contributed by atoms with E-state index >= 15 is 0 Å². The average Bonchev–Trinajstić information content (AvgIpc) is 2.25. The van der Waals surface area contributed by atoms with Crippen molar-refractivity contribution in [3.8, 4) is 0 Å². The Hall–Kier alpha value is -0.830. The van der Waals surface area contributed by atoms with E-state index in [1.165, 1.54) is 0 Å². The van der Waals surface area contributed by atoms with Gasteiger partial charge in [0.15, 0.2) is 6.17 Å². The summed E-state index contributed by atoms with van der Waals surface area (Å²) >= 11 is 0. The molecule has 0 aliphatic heterocycles. The maximum Gasteiger partial charge on any atom is 0.400 e. The van der Waals surface area contributed by atoms with Gasteiger partial charge in [0.25, 0.3) is 0 Å². The van der Waals surface area contributed by atoms with Gasteiger partial charge < -0.3 is 4.74 Å². The summed E-state index contributed by atoms with van der Waals surface area (Å²) in [7, 11) is -5.82. The van der Waals surface area contributed by atoms with Gasteiger partial charge in [0.05, 0.1) is 12.5 Å². The lowest BCUT2D eigenvalue weighted by Gasteiger charge is -2.17. The van der Waals surface area contributed by atoms with Crippen LogP contribution in [0.2, 0.25) is 0 Å². The number of rotatable bonds is 7. The lowest BCUT2D eigenvalue weighted by Crippen LogP contribution is -2.39. The predicted molar refractivity (Wildman–Crippen MR) is 56.4 cm³/mol. The summed E-state index contributed by atoms with van der Waals surface area (Å²) in [6.45, 7) is 2.56. The molecule has 0 radical (unpaired) electrons. The van der Waals surface area contributed by atoms with Crippen LogP contribution in [0.25, 0.3) is 0 Å². The lowest BCUT2D eigenvalue weighted by molar-refractivity contribution is -0.149. The Labute approximate surface area is 103 Å². The third-order valence-corrected chi connectivity index (χ3v) is 3.28. The molecule has 5 nitrogen and oxygen atoms in total. The van der Waals surface area contributed by atoms with Crippen LogP contribution in [0.1, 0.15) is 26.7 Å². The summed E-state index contributed by atoms with van der Waals surface area (Å²) in [4.78, 5) is 11.1. The van der Waals surface area contributed by atoms with Crippen LogP contribution in [0, 0.1) is 5.92 Å². The molecule has 2 unspecified atom stereocenters. The number of hydrogen-bond acceptors (Lipinski definition) is 4. The maximum absolute atomic E-state index is 12.9. The molecule has 18 heavy (non-hydrogen) atoms. The molecule has 0 aromatic rings. The van der Waals surface area contributed by atoms with E-state index in [9.17, 15) is 26.4 Å². The van der Waals surface area contributed by atoms with Crippen molar-refractivity contribution < 1.29 is 35.7 Å². The molecular formula is C9H15F3O5S. The van der Waals surface area contributed by atoms with Gasteiger partial charge in [0, 0.05) is 6.42 Å². The lowest BCUT2D eigenvalue weighted by atomic mass is 10.1. The normalized spacial score (nSPS) is 16.1. The Morgan fingerprint density at radius 3 is 2.33 bits per heavy atom. The monoisotopic (exact) mass is 292 g/mol. The Kier molecular flexibility index (Phi) is 6.08. The highest BCUT2D eigenvalue weighted by atomic mass is 32.2. The van der Waals surface area contributed by atoms with Gasteiger partial charge in [-0.1, -0.05) is 13.8 Å². The van der Waals surface area contributed by atoms with Gasteiger partial charge in [-0.2, -0.15) is 17.2 Å². The van der Waals surface area contributed by atoms with Crippen molar-refractivity contribution in [2.24, 2.45) is 5.92 Å². The number of halogens is 3. The second kappa shape index (κ2) is 6.37. The molecule has 0 aromatic carbocycles. The summed E-state index contributed by atoms with van der Waals surface area (Å²) in [5.41, 5.74) is 0. The summed E-state index contributed by atoms with van der Waals surface area (Å²) in [5, 5.41) is -4.91. The summed E-state index contributed by atoms with van der Waals surface area (Å²) in [5.74, 6) is -1.13. The van der Waals surface area contributed by atoms with Gasteiger partial charge in [0.1, 0.15) is 0 Å². The molecule has 0 aliphatic rings. The van der Waals surface area contributed by atoms with Crippen LogP contribution in [-0.4, -0.2) is 37.0 Å². The fourth-order valence-electron chi connectivity index (χ4n) is 0.902. The molecule has 0 bridgehead atoms. The first-order valence-corrected chi connectivity index (χ1v) is 6.63. The average molecular weight is 292 g/mol. The zero-order valence-electron chi connectivity index (χ0n) is 9.90. The predicted octanol–water partition coefficient (Wildman–Crippen LogP) is 1.78. The van der Waals surface area contributed by atoms with Crippen LogP contribution in [0.3, 0.4) is 0 Å². The molecule has 9 heteroatoms. The van der Waals surface area contributed by atoms with Crippen molar-refractivity contribution in [1.29, 1.82) is 0 Å². The molecule has 108 valence electrons. The van der Waals surface area contributed by atoms with E-state index in [-0.39, 0.29) is 0 Å². The van der Waals surface area contributed by atoms with Crippen molar-refractivity contribution in [2.45, 2.75) is 38.1 Å². The van der Waals surface area contributed by atoms with E-state index in [1.807, 2.05) is 0 Å². The Morgan fingerprint density at radius 1 is 1.44 bits per heavy atom. The number of esters is 1. The first-order chi connectivity index (χ1) is 8.04. The number of carbonyl (C=O) groups is 1. The molecule has 0 saturated heterocycles. The van der Waals surface area contributed by atoms with Gasteiger partial charge in [0.2, 0.25) is 0 Å². The fourth-order valence-corrected chi connectivity index (χ4v) is 1.34. The molecule has 0 saturated carbocycles. The molecule has 0 aliphatic carbocycles. The highest BCUT2D eigenvalue weighted by Crippen LogP contribution is 2.29. The molecule has 2 atom stereocenters. The van der Waals surface area contributed by atoms with Gasteiger partial charge in [-0.25, -0.2) is 4.39 Å². The van der Waals surface area contributed by atoms with Crippen molar-refractivity contribution in [2.75, 3.05) is 6.61 Å². The van der Waals surface area contributed by atoms with Crippen LogP contribution in [0.5, 0.6) is 0 Å². The summed E-state index contributed by atoms with van der Waals surface area (Å²) in [6, 6.07) is 0. The smallest absolute Gasteiger partial charge is 0.400 e. The third-order valence-electron chi connectivity index (χ3n) is 2.34. The molecule has 0 amide bonds. The molecule has 0 fully saturated rings. The fraction of sp³-hybridized carbons (Fsp3) is 0.889. The minimum absolute atomic E-state index is 0.454. The van der Waals surface area contributed by atoms with E-state index in [0.29, 0.717) is 6.42 Å². The van der Waals surface area contributed by atoms with E-state index in [2.05, 4.69) is 4.74 Å². The van der Waals surface area contributed by atoms with E-state index < -0.39 is 46.5 Å². The Balaban J connectivity index is 4.29. The van der Waals surface area contributed by atoms with Crippen molar-refractivity contribution in [1.82, 2.24) is 0 Å². The summed E-state index contributed by atoms with van der Waals surface area (Å²) < 4.78 is 71.4. The second-order valence-corrected chi connectivity index (χ2v) is 5.26. The highest BCUT2D eigenvalue weighted by Gasteiger charge is 2.52. The largest absolute Gasteiger partial charge is 0.465 e. The van der Waals surface area contributed by atoms with Gasteiger partial charge >= 0.3 is 21.3 Å². The van der Waals surface area contributed by atoms with E-state index in [1.54, 1.807) is 13.8 Å². The number of hydrogen-bond donors (Lipinski definition) is 1. The standard InChI is InChI=1S/C9H15F3O5S/c1-3-6(2)8(13)17-5-4-7(10)9(11,12)18(14,15)16/h6-7H,3-5H2,1-2H3,(H,14,15,16). The molecule has 0 aromatic heterocycles. The summed E-state index contributed by atoms with van der Waals surface area (Å²) in [6.07, 6.45) is -3.69. The van der Waals surface area contributed by atoms with Gasteiger partial charge in [-0.15, -0.1) is 0 Å². The van der Waals surface area contributed by atoms with Gasteiger partial charge in [-0.05, 0) is 6.42 Å². The van der Waals surface area contributed by atoms with Crippen LogP contribution in [0.4, 0.5) is 13.2 Å². The highest BCUT2D eigenvalue weighted by molar-refractivity contribution is 7.86. The second-order valence-electron chi connectivity index (χ2n) is 3.77. The van der Waals surface area contributed by atoms with E-state index in [0.717, 1.165) is 0 Å². The first kappa shape index (κ1) is 17.2. The first-order valence-electron chi connectivity index (χ1n) is 5.19. The van der Waals surface area contributed by atoms with Gasteiger partial charge in [-0.3, -0.25) is 9.35 Å². The van der Waals surface area contributed by atoms with Crippen molar-refractivity contribution in [3.63, 3.8) is 0 Å². The quantitative estimate of drug-likeness (QED) is 0.571. The maximum atomic E-state index is 12.9. The molecular weight excluding hydrogens is 277 g/mol. The SMILES string of the molecule is CCC(C)C(=O)OCCC(F)C(F)(F)S(=O)(=O)O. The van der Waals surface area contributed by atoms with Crippen LogP contribution < -0.4 is 0 Å². The molecule has 0 rings (SSSR count). The minimum atomic E-state index is -5.82.